The Morgan fingerprint density at radius 3 is 2.47 bits per heavy atom. The normalized spacial score (nSPS) is 19.6. The van der Waals surface area contributed by atoms with Gasteiger partial charge in [-0.2, -0.15) is 0 Å². The average Bonchev–Trinajstić information content (AvgIpc) is 2.27. The molecule has 0 amide bonds. The Labute approximate surface area is 93.7 Å². The minimum atomic E-state index is 0.471. The first-order chi connectivity index (χ1) is 7.36. The SMILES string of the molecule is CCCN1CCC(OCCOCC)CC1. The molecule has 0 aliphatic carbocycles. The maximum Gasteiger partial charge on any atom is 0.0704 e. The number of hydrogen-bond donors (Lipinski definition) is 0. The molecular formula is C12H25NO2. The van der Waals surface area contributed by atoms with Gasteiger partial charge in [-0.1, -0.05) is 6.92 Å². The van der Waals surface area contributed by atoms with Crippen molar-refractivity contribution in [3.8, 4) is 0 Å². The minimum Gasteiger partial charge on any atom is -0.379 e. The Balaban J connectivity index is 1.99. The van der Waals surface area contributed by atoms with Crippen molar-refractivity contribution < 1.29 is 9.47 Å². The predicted molar refractivity (Wildman–Crippen MR) is 62.2 cm³/mol. The monoisotopic (exact) mass is 215 g/mol. The number of piperidine rings is 1. The molecule has 1 rings (SSSR count). The molecule has 0 spiro atoms. The van der Waals surface area contributed by atoms with Gasteiger partial charge in [0.2, 0.25) is 0 Å². The number of rotatable bonds is 7. The van der Waals surface area contributed by atoms with Crippen molar-refractivity contribution in [2.24, 2.45) is 0 Å². The van der Waals surface area contributed by atoms with Crippen molar-refractivity contribution in [2.45, 2.75) is 39.2 Å². The van der Waals surface area contributed by atoms with Crippen molar-refractivity contribution in [1.29, 1.82) is 0 Å². The molecule has 1 aliphatic heterocycles. The summed E-state index contributed by atoms with van der Waals surface area (Å²) in [5.74, 6) is 0. The van der Waals surface area contributed by atoms with Gasteiger partial charge in [0, 0.05) is 19.7 Å². The third kappa shape index (κ3) is 5.50. The average molecular weight is 215 g/mol. The molecular weight excluding hydrogens is 190 g/mol. The van der Waals surface area contributed by atoms with E-state index in [-0.39, 0.29) is 0 Å². The maximum absolute atomic E-state index is 5.76. The summed E-state index contributed by atoms with van der Waals surface area (Å²) < 4.78 is 11.0. The van der Waals surface area contributed by atoms with Crippen LogP contribution in [0.3, 0.4) is 0 Å². The molecule has 15 heavy (non-hydrogen) atoms. The topological polar surface area (TPSA) is 21.7 Å². The lowest BCUT2D eigenvalue weighted by molar-refractivity contribution is -0.0206. The molecule has 0 aromatic rings. The van der Waals surface area contributed by atoms with E-state index in [1.54, 1.807) is 0 Å². The van der Waals surface area contributed by atoms with Crippen LogP contribution in [-0.2, 0) is 9.47 Å². The summed E-state index contributed by atoms with van der Waals surface area (Å²) >= 11 is 0. The van der Waals surface area contributed by atoms with Crippen LogP contribution in [0, 0.1) is 0 Å². The first kappa shape index (κ1) is 12.9. The summed E-state index contributed by atoms with van der Waals surface area (Å²) in [6.45, 7) is 10.2. The third-order valence-electron chi connectivity index (χ3n) is 2.86. The van der Waals surface area contributed by atoms with E-state index in [4.69, 9.17) is 9.47 Å². The molecule has 0 unspecified atom stereocenters. The second-order valence-electron chi connectivity index (χ2n) is 4.11. The summed E-state index contributed by atoms with van der Waals surface area (Å²) in [6, 6.07) is 0. The highest BCUT2D eigenvalue weighted by atomic mass is 16.5. The van der Waals surface area contributed by atoms with Crippen LogP contribution in [-0.4, -0.2) is 50.5 Å². The molecule has 3 heteroatoms. The zero-order valence-electron chi connectivity index (χ0n) is 10.2. The zero-order chi connectivity index (χ0) is 10.9. The van der Waals surface area contributed by atoms with Crippen molar-refractivity contribution in [3.05, 3.63) is 0 Å². The number of hydrogen-bond acceptors (Lipinski definition) is 3. The van der Waals surface area contributed by atoms with Crippen LogP contribution in [0.1, 0.15) is 33.1 Å². The lowest BCUT2D eigenvalue weighted by Crippen LogP contribution is -2.37. The maximum atomic E-state index is 5.76. The van der Waals surface area contributed by atoms with E-state index in [9.17, 15) is 0 Å². The van der Waals surface area contributed by atoms with Crippen LogP contribution in [0.15, 0.2) is 0 Å². The van der Waals surface area contributed by atoms with Crippen LogP contribution < -0.4 is 0 Å². The summed E-state index contributed by atoms with van der Waals surface area (Å²) in [6.07, 6.45) is 4.10. The molecule has 0 aromatic carbocycles. The van der Waals surface area contributed by atoms with E-state index in [1.165, 1.54) is 38.9 Å². The molecule has 0 N–H and O–H groups in total. The van der Waals surface area contributed by atoms with Gasteiger partial charge in [0.1, 0.15) is 0 Å². The molecule has 0 atom stereocenters. The predicted octanol–water partition coefficient (Wildman–Crippen LogP) is 1.91. The van der Waals surface area contributed by atoms with Crippen LogP contribution in [0.5, 0.6) is 0 Å². The second kappa shape index (κ2) is 8.08. The summed E-state index contributed by atoms with van der Waals surface area (Å²) in [4.78, 5) is 2.53. The molecule has 3 nitrogen and oxygen atoms in total. The molecule has 90 valence electrons. The Hall–Kier alpha value is -0.120. The van der Waals surface area contributed by atoms with Gasteiger partial charge in [-0.05, 0) is 32.7 Å². The van der Waals surface area contributed by atoms with Crippen molar-refractivity contribution >= 4 is 0 Å². The first-order valence-electron chi connectivity index (χ1n) is 6.28. The quantitative estimate of drug-likeness (QED) is 0.606. The second-order valence-corrected chi connectivity index (χ2v) is 4.11. The zero-order valence-corrected chi connectivity index (χ0v) is 10.2. The Bertz CT molecular complexity index is 142. The fourth-order valence-electron chi connectivity index (χ4n) is 2.03. The highest BCUT2D eigenvalue weighted by Gasteiger charge is 2.18. The van der Waals surface area contributed by atoms with Crippen molar-refractivity contribution in [1.82, 2.24) is 4.90 Å². The van der Waals surface area contributed by atoms with Gasteiger partial charge in [0.15, 0.2) is 0 Å². The molecule has 1 aliphatic rings. The molecule has 1 heterocycles. The van der Waals surface area contributed by atoms with E-state index in [1.807, 2.05) is 6.92 Å². The Kier molecular flexibility index (Phi) is 6.98. The smallest absolute Gasteiger partial charge is 0.0704 e. The summed E-state index contributed by atoms with van der Waals surface area (Å²) in [5.41, 5.74) is 0. The summed E-state index contributed by atoms with van der Waals surface area (Å²) in [7, 11) is 0. The Morgan fingerprint density at radius 2 is 1.87 bits per heavy atom. The van der Waals surface area contributed by atoms with Crippen LogP contribution >= 0.6 is 0 Å². The van der Waals surface area contributed by atoms with Crippen LogP contribution in [0.4, 0.5) is 0 Å². The van der Waals surface area contributed by atoms with E-state index >= 15 is 0 Å². The first-order valence-corrected chi connectivity index (χ1v) is 6.28. The van der Waals surface area contributed by atoms with Gasteiger partial charge in [0.05, 0.1) is 19.3 Å². The van der Waals surface area contributed by atoms with Crippen LogP contribution in [0.25, 0.3) is 0 Å². The molecule has 0 aromatic heterocycles. The molecule has 0 radical (unpaired) electrons. The highest BCUT2D eigenvalue weighted by Crippen LogP contribution is 2.13. The Morgan fingerprint density at radius 1 is 1.13 bits per heavy atom. The van der Waals surface area contributed by atoms with Gasteiger partial charge in [0.25, 0.3) is 0 Å². The van der Waals surface area contributed by atoms with E-state index < -0.39 is 0 Å². The number of nitrogens with zero attached hydrogens (tertiary/aromatic N) is 1. The van der Waals surface area contributed by atoms with E-state index in [2.05, 4.69) is 11.8 Å². The molecule has 1 fully saturated rings. The number of ether oxygens (including phenoxy) is 2. The van der Waals surface area contributed by atoms with Gasteiger partial charge in [-0.15, -0.1) is 0 Å². The molecule has 0 saturated carbocycles. The fraction of sp³-hybridized carbons (Fsp3) is 1.00. The van der Waals surface area contributed by atoms with Gasteiger partial charge in [-0.25, -0.2) is 0 Å². The lowest BCUT2D eigenvalue weighted by atomic mass is 10.1. The van der Waals surface area contributed by atoms with Gasteiger partial charge >= 0.3 is 0 Å². The van der Waals surface area contributed by atoms with Crippen molar-refractivity contribution in [2.75, 3.05) is 39.5 Å². The van der Waals surface area contributed by atoms with Gasteiger partial charge in [-0.3, -0.25) is 0 Å². The highest BCUT2D eigenvalue weighted by molar-refractivity contribution is 4.71. The lowest BCUT2D eigenvalue weighted by Gasteiger charge is -2.31. The van der Waals surface area contributed by atoms with Crippen molar-refractivity contribution in [3.63, 3.8) is 0 Å². The largest absolute Gasteiger partial charge is 0.379 e. The van der Waals surface area contributed by atoms with E-state index in [0.29, 0.717) is 6.10 Å². The molecule has 0 bridgehead atoms. The van der Waals surface area contributed by atoms with E-state index in [0.717, 1.165) is 19.8 Å². The number of likely N-dealkylation sites (tertiary alicyclic amines) is 1. The third-order valence-corrected chi connectivity index (χ3v) is 2.86. The summed E-state index contributed by atoms with van der Waals surface area (Å²) in [5, 5.41) is 0. The van der Waals surface area contributed by atoms with Gasteiger partial charge < -0.3 is 14.4 Å². The minimum absolute atomic E-state index is 0.471. The molecule has 1 saturated heterocycles. The standard InChI is InChI=1S/C12H25NO2/c1-3-7-13-8-5-12(6-9-13)15-11-10-14-4-2/h12H,3-11H2,1-2H3. The fourth-order valence-corrected chi connectivity index (χ4v) is 2.03. The van der Waals surface area contributed by atoms with Crippen LogP contribution in [0.2, 0.25) is 0 Å².